The quantitative estimate of drug-likeness (QED) is 0.0271. The van der Waals surface area contributed by atoms with Crippen LogP contribution in [0.25, 0.3) is 0 Å². The molecule has 0 spiro atoms. The number of esters is 1. The van der Waals surface area contributed by atoms with Gasteiger partial charge in [-0.1, -0.05) is 71.1 Å². The van der Waals surface area contributed by atoms with Gasteiger partial charge in [0.2, 0.25) is 11.7 Å². The second-order valence-corrected chi connectivity index (χ2v) is 26.9. The molecule has 5 aliphatic rings. The molecule has 3 amide bonds. The van der Waals surface area contributed by atoms with Crippen LogP contribution in [0.3, 0.4) is 0 Å². The standard InChI is InChI=1S/C71H118N4O20/c1-12-88-32-33-90-36-37-92-39-38-91-35-34-89-31-27-72-63(77)46-74-29-25-55(26-30-74)73-70(83)94-59-24-22-54(43-62(59)86-10)42-50(5)61-45-58(76)49(4)41-52(7)65(79)66(87-11)64(78)51(6)40-47(2)18-14-13-15-19-48(3)60(85-9)44-56-23-21-53(8)71(84,95-56)67(80)68(81)75-28-17-16-20-57(75)69(82)93-61/h13-15,18-19,41,47,49-51,53-62,65-66,76,79,84H,12,16-17,20-40,42-46H2,1-11H3,(H,72,77)(H,73,83)/b15-13+,18-14+,48-19+,52-41+/t47-,49-,50-,51-,53-,54+,56+,57+,58-,59-,60+,61+,62-,65-,66+,71-/m1/s1. The van der Waals surface area contributed by atoms with E-state index in [-0.39, 0.29) is 61.4 Å². The zero-order chi connectivity index (χ0) is 69.5. The molecular weight excluding hydrogens is 1230 g/mol. The number of cyclic esters (lactones) is 1. The van der Waals surface area contributed by atoms with E-state index in [4.69, 9.17) is 52.1 Å². The first kappa shape index (κ1) is 81.1. The van der Waals surface area contributed by atoms with Gasteiger partial charge in [-0.15, -0.1) is 0 Å². The molecule has 5 rings (SSSR count). The average molecular weight is 1350 g/mol. The van der Waals surface area contributed by atoms with Gasteiger partial charge in [-0.2, -0.15) is 0 Å². The highest BCUT2D eigenvalue weighted by Crippen LogP contribution is 2.38. The zero-order valence-electron chi connectivity index (χ0n) is 58.9. The first-order chi connectivity index (χ1) is 45.5. The maximum atomic E-state index is 14.8. The van der Waals surface area contributed by atoms with E-state index in [1.54, 1.807) is 41.1 Å². The largest absolute Gasteiger partial charge is 0.460 e. The maximum absolute atomic E-state index is 14.8. The van der Waals surface area contributed by atoms with E-state index in [0.29, 0.717) is 168 Å². The van der Waals surface area contributed by atoms with Crippen LogP contribution < -0.4 is 10.6 Å². The number of rotatable bonds is 26. The summed E-state index contributed by atoms with van der Waals surface area (Å²) in [7, 11) is 4.54. The molecule has 0 aromatic carbocycles. The summed E-state index contributed by atoms with van der Waals surface area (Å²) in [6, 6.07) is -1.31. The summed E-state index contributed by atoms with van der Waals surface area (Å²) in [6.07, 6.45) is 10.5. The van der Waals surface area contributed by atoms with E-state index < -0.39 is 102 Å². The highest BCUT2D eigenvalue weighted by Gasteiger charge is 2.53. The molecule has 3 saturated heterocycles. The number of fused-ring (bicyclic) bond motifs is 3. The molecule has 0 radical (unpaired) electrons. The van der Waals surface area contributed by atoms with Crippen LogP contribution in [0.4, 0.5) is 4.79 Å². The van der Waals surface area contributed by atoms with Crippen molar-refractivity contribution >= 4 is 35.4 Å². The first-order valence-corrected chi connectivity index (χ1v) is 35.0. The van der Waals surface area contributed by atoms with Gasteiger partial charge >= 0.3 is 12.1 Å². The van der Waals surface area contributed by atoms with Crippen molar-refractivity contribution in [3.8, 4) is 0 Å². The smallest absolute Gasteiger partial charge is 0.407 e. The summed E-state index contributed by atoms with van der Waals surface area (Å²) < 4.78 is 63.5. The molecule has 24 heteroatoms. The Hall–Kier alpha value is -4.54. The predicted octanol–water partition coefficient (Wildman–Crippen LogP) is 6.39. The van der Waals surface area contributed by atoms with E-state index in [2.05, 4.69) is 15.5 Å². The normalized spacial score (nSPS) is 33.4. The number of methoxy groups -OCH3 is 3. The minimum atomic E-state index is -2.46. The molecule has 542 valence electrons. The summed E-state index contributed by atoms with van der Waals surface area (Å²) in [4.78, 5) is 87.1. The molecule has 0 aromatic heterocycles. The number of allylic oxidation sites excluding steroid dienone is 5. The van der Waals surface area contributed by atoms with Crippen molar-refractivity contribution in [3.63, 3.8) is 0 Å². The summed E-state index contributed by atoms with van der Waals surface area (Å²) in [6.45, 7) is 21.5. The lowest BCUT2D eigenvalue weighted by Gasteiger charge is -2.43. The molecule has 4 fully saturated rings. The molecule has 4 aliphatic heterocycles. The van der Waals surface area contributed by atoms with Crippen molar-refractivity contribution in [2.75, 3.05) is 120 Å². The topological polar surface area (TPSA) is 295 Å². The number of hydrogen-bond acceptors (Lipinski definition) is 21. The number of carbonyl (C=O) groups is 6. The molecule has 16 atom stereocenters. The zero-order valence-corrected chi connectivity index (χ0v) is 58.9. The van der Waals surface area contributed by atoms with Crippen molar-refractivity contribution < 1.29 is 96.2 Å². The second kappa shape index (κ2) is 43.1. The summed E-state index contributed by atoms with van der Waals surface area (Å²) in [5.41, 5.74) is 1.28. The fraction of sp³-hybridized carbons (Fsp3) is 0.803. The van der Waals surface area contributed by atoms with E-state index >= 15 is 0 Å². The molecule has 0 aromatic rings. The van der Waals surface area contributed by atoms with Gasteiger partial charge in [0, 0.05) is 90.8 Å². The minimum Gasteiger partial charge on any atom is -0.460 e. The fourth-order valence-electron chi connectivity index (χ4n) is 13.5. The van der Waals surface area contributed by atoms with Gasteiger partial charge in [0.25, 0.3) is 11.7 Å². The van der Waals surface area contributed by atoms with Crippen LogP contribution in [0.2, 0.25) is 0 Å². The number of amides is 3. The molecule has 0 unspecified atom stereocenters. The van der Waals surface area contributed by atoms with Crippen LogP contribution in [-0.2, 0) is 76.1 Å². The monoisotopic (exact) mass is 1350 g/mol. The van der Waals surface area contributed by atoms with Crippen LogP contribution in [0.5, 0.6) is 0 Å². The molecule has 24 nitrogen and oxygen atoms in total. The van der Waals surface area contributed by atoms with E-state index in [9.17, 15) is 44.1 Å². The Morgan fingerprint density at radius 2 is 1.39 bits per heavy atom. The minimum absolute atomic E-state index is 0.000225. The first-order valence-electron chi connectivity index (χ1n) is 35.0. The molecule has 2 bridgehead atoms. The van der Waals surface area contributed by atoms with Crippen molar-refractivity contribution in [3.05, 3.63) is 47.6 Å². The maximum Gasteiger partial charge on any atom is 0.407 e. The van der Waals surface area contributed by atoms with E-state index in [1.165, 1.54) is 12.0 Å². The second-order valence-electron chi connectivity index (χ2n) is 26.9. The molecule has 4 heterocycles. The van der Waals surface area contributed by atoms with Gasteiger partial charge in [0.05, 0.1) is 90.4 Å². The van der Waals surface area contributed by atoms with Crippen molar-refractivity contribution in [2.45, 2.75) is 212 Å². The number of piperidine rings is 2. The third-order valence-electron chi connectivity index (χ3n) is 19.4. The number of Topliss-reactive ketones (excluding diaryl/α,β-unsaturated/α-hetero) is 2. The van der Waals surface area contributed by atoms with Crippen LogP contribution >= 0.6 is 0 Å². The van der Waals surface area contributed by atoms with Gasteiger partial charge in [-0.25, -0.2) is 9.59 Å². The molecule has 5 N–H and O–H groups in total. The third-order valence-corrected chi connectivity index (χ3v) is 19.4. The number of nitrogens with zero attached hydrogens (tertiary/aromatic N) is 2. The number of hydrogen-bond donors (Lipinski definition) is 5. The number of carbonyl (C=O) groups excluding carboxylic acids is 6. The number of aliphatic hydroxyl groups is 3. The van der Waals surface area contributed by atoms with Gasteiger partial charge < -0.3 is 83.0 Å². The van der Waals surface area contributed by atoms with Gasteiger partial charge in [-0.05, 0) is 127 Å². The van der Waals surface area contributed by atoms with Crippen LogP contribution in [0.1, 0.15) is 145 Å². The van der Waals surface area contributed by atoms with Crippen LogP contribution in [-0.4, -0.2) is 247 Å². The lowest BCUT2D eigenvalue weighted by atomic mass is 9.78. The molecule has 1 aliphatic carbocycles. The van der Waals surface area contributed by atoms with Crippen molar-refractivity contribution in [1.82, 2.24) is 20.4 Å². The van der Waals surface area contributed by atoms with Crippen LogP contribution in [0.15, 0.2) is 47.6 Å². The predicted molar refractivity (Wildman–Crippen MR) is 356 cm³/mol. The van der Waals surface area contributed by atoms with Gasteiger partial charge in [0.15, 0.2) is 5.78 Å². The lowest BCUT2D eigenvalue weighted by Crippen LogP contribution is -2.61. The Balaban J connectivity index is 1.19. The number of aliphatic hydroxyl groups excluding tert-OH is 2. The van der Waals surface area contributed by atoms with Gasteiger partial charge in [-0.3, -0.25) is 24.1 Å². The average Bonchev–Trinajstić information content (AvgIpc) is 0.780. The Labute approximate surface area is 565 Å². The summed E-state index contributed by atoms with van der Waals surface area (Å²) in [5, 5.41) is 41.8. The Bertz CT molecular complexity index is 2450. The molecular formula is C71H118N4O20. The Morgan fingerprint density at radius 3 is 2.03 bits per heavy atom. The lowest BCUT2D eigenvalue weighted by molar-refractivity contribution is -0.265. The number of ketones is 2. The van der Waals surface area contributed by atoms with Gasteiger partial charge in [0.1, 0.15) is 30.5 Å². The van der Waals surface area contributed by atoms with Crippen LogP contribution in [0, 0.1) is 35.5 Å². The fourth-order valence-corrected chi connectivity index (χ4v) is 13.5. The van der Waals surface area contributed by atoms with E-state index in [0.717, 1.165) is 5.57 Å². The summed E-state index contributed by atoms with van der Waals surface area (Å²) in [5.74, 6) is -7.93. The number of alkyl carbamates (subject to hydrolysis) is 1. The number of ether oxygens (including phenoxy) is 11. The Morgan fingerprint density at radius 1 is 0.726 bits per heavy atom. The summed E-state index contributed by atoms with van der Waals surface area (Å²) >= 11 is 0. The van der Waals surface area contributed by atoms with Crippen molar-refractivity contribution in [2.24, 2.45) is 35.5 Å². The number of likely N-dealkylation sites (tertiary alicyclic amines) is 1. The highest BCUT2D eigenvalue weighted by atomic mass is 16.6. The molecule has 1 saturated carbocycles. The van der Waals surface area contributed by atoms with Crippen molar-refractivity contribution in [1.29, 1.82) is 0 Å². The molecule has 95 heavy (non-hydrogen) atoms. The number of nitrogens with one attached hydrogen (secondary N) is 2. The Kier molecular flexibility index (Phi) is 36.8. The highest BCUT2D eigenvalue weighted by molar-refractivity contribution is 6.39. The third kappa shape index (κ3) is 26.9. The van der Waals surface area contributed by atoms with E-state index in [1.807, 2.05) is 65.0 Å². The SMILES string of the molecule is CCOCCOCCOCCOCCOCCNC(=O)CN1CCC(NC(=O)O[C@@H]2CC[C@@H](C[C@@H](C)[C@@H]3C[C@@H](O)[C@H](C)/C=C(\C)[C@@H](O)[C@@H](OC)C(=O)[C@H](C)C[C@H](C)/C=C/C=C/C=C(\C)[C@@H](OC)C[C@@H]4CC[C@@H](C)[C@@](O)(O4)C(=O)C(=O)N4CCCC[C@H]4C(=O)O3)C[C@H]2OC)CC1.